The molecule has 1 aromatic rings. The predicted octanol–water partition coefficient (Wildman–Crippen LogP) is 1.82. The molecule has 88 valence electrons. The van der Waals surface area contributed by atoms with E-state index in [1.54, 1.807) is 6.92 Å². The molecule has 0 amide bonds. The molecule has 3 nitrogen and oxygen atoms in total. The zero-order valence-corrected chi connectivity index (χ0v) is 9.52. The van der Waals surface area contributed by atoms with Gasteiger partial charge < -0.3 is 14.9 Å². The van der Waals surface area contributed by atoms with Crippen molar-refractivity contribution in [3.63, 3.8) is 0 Å². The van der Waals surface area contributed by atoms with Crippen molar-refractivity contribution in [1.29, 1.82) is 0 Å². The molecule has 0 radical (unpaired) electrons. The van der Waals surface area contributed by atoms with Gasteiger partial charge in [0, 0.05) is 13.0 Å². The van der Waals surface area contributed by atoms with Gasteiger partial charge in [-0.15, -0.1) is 0 Å². The molecular weight excluding hydrogens is 204 g/mol. The van der Waals surface area contributed by atoms with E-state index >= 15 is 0 Å². The molecule has 0 aliphatic carbocycles. The Morgan fingerprint density at radius 2 is 2.31 bits per heavy atom. The van der Waals surface area contributed by atoms with Gasteiger partial charge in [0.15, 0.2) is 0 Å². The van der Waals surface area contributed by atoms with Gasteiger partial charge in [0.05, 0.1) is 6.10 Å². The van der Waals surface area contributed by atoms with Gasteiger partial charge in [-0.05, 0) is 37.0 Å². The number of benzene rings is 1. The van der Waals surface area contributed by atoms with E-state index in [9.17, 15) is 5.11 Å². The van der Waals surface area contributed by atoms with Crippen LogP contribution in [0.15, 0.2) is 18.2 Å². The second-order valence-electron chi connectivity index (χ2n) is 4.33. The molecule has 1 aromatic carbocycles. The Morgan fingerprint density at radius 3 is 3.00 bits per heavy atom. The highest BCUT2D eigenvalue weighted by atomic mass is 16.5. The van der Waals surface area contributed by atoms with E-state index < -0.39 is 6.10 Å². The highest BCUT2D eigenvalue weighted by molar-refractivity contribution is 5.39. The largest absolute Gasteiger partial charge is 0.490 e. The lowest BCUT2D eigenvalue weighted by Gasteiger charge is -2.26. The van der Waals surface area contributed by atoms with Crippen molar-refractivity contribution in [2.24, 2.45) is 0 Å². The third-order valence-electron chi connectivity index (χ3n) is 3.05. The van der Waals surface area contributed by atoms with Crippen molar-refractivity contribution in [2.75, 3.05) is 6.61 Å². The van der Waals surface area contributed by atoms with E-state index in [0.717, 1.165) is 24.2 Å². The van der Waals surface area contributed by atoms with Crippen LogP contribution >= 0.6 is 0 Å². The van der Waals surface area contributed by atoms with E-state index in [-0.39, 0.29) is 12.7 Å². The molecule has 0 saturated heterocycles. The van der Waals surface area contributed by atoms with Gasteiger partial charge in [-0.1, -0.05) is 12.1 Å². The number of aliphatic hydroxyl groups excluding tert-OH is 2. The summed E-state index contributed by atoms with van der Waals surface area (Å²) < 4.78 is 5.79. The minimum atomic E-state index is -0.466. The number of aryl methyl sites for hydroxylation is 1. The third kappa shape index (κ3) is 2.36. The number of rotatable bonds is 3. The Labute approximate surface area is 95.7 Å². The molecular formula is C13H18O3. The zero-order chi connectivity index (χ0) is 11.5. The predicted molar refractivity (Wildman–Crippen MR) is 61.5 cm³/mol. The van der Waals surface area contributed by atoms with Crippen molar-refractivity contribution in [3.05, 3.63) is 29.3 Å². The lowest BCUT2D eigenvalue weighted by atomic mass is 9.98. The summed E-state index contributed by atoms with van der Waals surface area (Å²) in [6.07, 6.45) is 2.27. The quantitative estimate of drug-likeness (QED) is 0.820. The lowest BCUT2D eigenvalue weighted by molar-refractivity contribution is 0.133. The number of hydrogen-bond acceptors (Lipinski definition) is 3. The first-order valence-electron chi connectivity index (χ1n) is 5.79. The summed E-state index contributed by atoms with van der Waals surface area (Å²) in [5, 5.41) is 18.4. The smallest absolute Gasteiger partial charge is 0.123 e. The molecule has 0 fully saturated rings. The Hall–Kier alpha value is -1.06. The van der Waals surface area contributed by atoms with Gasteiger partial charge in [-0.2, -0.15) is 0 Å². The average molecular weight is 222 g/mol. The van der Waals surface area contributed by atoms with Gasteiger partial charge in [0.1, 0.15) is 11.9 Å². The van der Waals surface area contributed by atoms with E-state index in [2.05, 4.69) is 0 Å². The van der Waals surface area contributed by atoms with Crippen LogP contribution in [0.25, 0.3) is 0 Å². The van der Waals surface area contributed by atoms with Crippen molar-refractivity contribution < 1.29 is 14.9 Å². The van der Waals surface area contributed by atoms with Crippen LogP contribution in [0.3, 0.4) is 0 Å². The molecule has 1 heterocycles. The van der Waals surface area contributed by atoms with Gasteiger partial charge in [-0.3, -0.25) is 0 Å². The van der Waals surface area contributed by atoms with Crippen LogP contribution in [0.2, 0.25) is 0 Å². The molecule has 0 spiro atoms. The van der Waals surface area contributed by atoms with Crippen LogP contribution in [-0.2, 0) is 6.42 Å². The van der Waals surface area contributed by atoms with Crippen LogP contribution in [0.1, 0.15) is 37.0 Å². The number of aliphatic hydroxyl groups is 2. The summed E-state index contributed by atoms with van der Waals surface area (Å²) in [6.45, 7) is 1.91. The van der Waals surface area contributed by atoms with Crippen molar-refractivity contribution in [2.45, 2.75) is 38.4 Å². The normalized spacial score (nSPS) is 21.1. The van der Waals surface area contributed by atoms with Gasteiger partial charge in [0.25, 0.3) is 0 Å². The Balaban J connectivity index is 2.18. The maximum absolute atomic E-state index is 9.50. The molecule has 2 N–H and O–H groups in total. The average Bonchev–Trinajstić information content (AvgIpc) is 2.28. The number of ether oxygens (including phenoxy) is 1. The lowest BCUT2D eigenvalue weighted by Crippen LogP contribution is -2.23. The molecule has 0 bridgehead atoms. The summed E-state index contributed by atoms with van der Waals surface area (Å²) in [5.41, 5.74) is 2.07. The first-order valence-corrected chi connectivity index (χ1v) is 5.79. The van der Waals surface area contributed by atoms with Crippen LogP contribution in [0, 0.1) is 0 Å². The molecule has 1 aliphatic heterocycles. The first kappa shape index (κ1) is 11.4. The summed E-state index contributed by atoms with van der Waals surface area (Å²) in [4.78, 5) is 0. The Morgan fingerprint density at radius 1 is 1.50 bits per heavy atom. The zero-order valence-electron chi connectivity index (χ0n) is 9.52. The SMILES string of the molecule is CC(O)c1ccc2c(c1)OC(CCO)CC2. The van der Waals surface area contributed by atoms with Gasteiger partial charge in [-0.25, -0.2) is 0 Å². The summed E-state index contributed by atoms with van der Waals surface area (Å²) in [6, 6.07) is 5.87. The third-order valence-corrected chi connectivity index (χ3v) is 3.05. The minimum Gasteiger partial charge on any atom is -0.490 e. The van der Waals surface area contributed by atoms with Crippen molar-refractivity contribution in [3.8, 4) is 5.75 Å². The maximum Gasteiger partial charge on any atom is 0.123 e. The monoisotopic (exact) mass is 222 g/mol. The second-order valence-corrected chi connectivity index (χ2v) is 4.33. The molecule has 2 atom stereocenters. The molecule has 0 saturated carbocycles. The standard InChI is InChI=1S/C13H18O3/c1-9(15)11-3-2-10-4-5-12(6-7-14)16-13(10)8-11/h2-3,8-9,12,14-15H,4-7H2,1H3. The fourth-order valence-electron chi connectivity index (χ4n) is 2.05. The van der Waals surface area contributed by atoms with E-state index in [1.165, 1.54) is 5.56 Å². The van der Waals surface area contributed by atoms with Gasteiger partial charge >= 0.3 is 0 Å². The van der Waals surface area contributed by atoms with Crippen LogP contribution in [0.5, 0.6) is 5.75 Å². The molecule has 0 aromatic heterocycles. The van der Waals surface area contributed by atoms with Gasteiger partial charge in [0.2, 0.25) is 0 Å². The van der Waals surface area contributed by atoms with Crippen LogP contribution < -0.4 is 4.74 Å². The van der Waals surface area contributed by atoms with Crippen LogP contribution in [-0.4, -0.2) is 22.9 Å². The molecule has 16 heavy (non-hydrogen) atoms. The fraction of sp³-hybridized carbons (Fsp3) is 0.538. The highest BCUT2D eigenvalue weighted by Gasteiger charge is 2.19. The number of hydrogen-bond donors (Lipinski definition) is 2. The highest BCUT2D eigenvalue weighted by Crippen LogP contribution is 2.31. The van der Waals surface area contributed by atoms with E-state index in [0.29, 0.717) is 6.42 Å². The summed E-state index contributed by atoms with van der Waals surface area (Å²) in [7, 11) is 0. The summed E-state index contributed by atoms with van der Waals surface area (Å²) in [5.74, 6) is 0.864. The van der Waals surface area contributed by atoms with E-state index in [1.807, 2.05) is 18.2 Å². The minimum absolute atomic E-state index is 0.113. The number of fused-ring (bicyclic) bond motifs is 1. The second kappa shape index (κ2) is 4.85. The molecule has 3 heteroatoms. The summed E-state index contributed by atoms with van der Waals surface area (Å²) >= 11 is 0. The molecule has 1 aliphatic rings. The van der Waals surface area contributed by atoms with Crippen molar-refractivity contribution >= 4 is 0 Å². The first-order chi connectivity index (χ1) is 7.70. The Bertz CT molecular complexity index is 360. The molecule has 2 rings (SSSR count). The van der Waals surface area contributed by atoms with Crippen molar-refractivity contribution in [1.82, 2.24) is 0 Å². The van der Waals surface area contributed by atoms with Crippen LogP contribution in [0.4, 0.5) is 0 Å². The topological polar surface area (TPSA) is 49.7 Å². The van der Waals surface area contributed by atoms with E-state index in [4.69, 9.17) is 9.84 Å². The molecule has 2 unspecified atom stereocenters. The fourth-order valence-corrected chi connectivity index (χ4v) is 2.05. The Kier molecular flexibility index (Phi) is 3.46. The maximum atomic E-state index is 9.50.